The number of hydrogen-bond acceptors (Lipinski definition) is 4. The number of carbonyl (C=O) groups is 3. The lowest BCUT2D eigenvalue weighted by molar-refractivity contribution is -0.136. The maximum absolute atomic E-state index is 14.2. The van der Waals surface area contributed by atoms with E-state index in [-0.39, 0.29) is 30.0 Å². The monoisotopic (exact) mass is 632 g/mol. The minimum atomic E-state index is -0.452. The van der Waals surface area contributed by atoms with Gasteiger partial charge in [-0.05, 0) is 60.2 Å². The van der Waals surface area contributed by atoms with Gasteiger partial charge >= 0.3 is 0 Å². The molecule has 5 rings (SSSR count). The molecule has 0 radical (unpaired) electrons. The first-order valence-corrected chi connectivity index (χ1v) is 16.3. The van der Waals surface area contributed by atoms with Crippen LogP contribution in [-0.4, -0.2) is 71.7 Å². The van der Waals surface area contributed by atoms with Crippen molar-refractivity contribution in [1.29, 1.82) is 0 Å². The maximum atomic E-state index is 14.2. The molecule has 0 aromatic heterocycles. The largest absolute Gasteiger partial charge is 0.342 e. The zero-order valence-corrected chi connectivity index (χ0v) is 26.7. The van der Waals surface area contributed by atoms with Crippen molar-refractivity contribution in [3.63, 3.8) is 0 Å². The Morgan fingerprint density at radius 2 is 1.71 bits per heavy atom. The molecule has 1 atom stereocenters. The van der Waals surface area contributed by atoms with Crippen molar-refractivity contribution in [2.24, 2.45) is 5.92 Å². The number of nitrogens with zero attached hydrogens (tertiary/aromatic N) is 4. The number of carbonyl (C=O) groups excluding carboxylic acids is 3. The fourth-order valence-corrected chi connectivity index (χ4v) is 6.44. The van der Waals surface area contributed by atoms with Crippen LogP contribution in [0.5, 0.6) is 0 Å². The molecule has 0 spiro atoms. The number of anilines is 1. The van der Waals surface area contributed by atoms with Crippen LogP contribution in [0, 0.1) is 11.7 Å². The summed E-state index contributed by atoms with van der Waals surface area (Å²) in [6.07, 6.45) is 2.72. The van der Waals surface area contributed by atoms with Gasteiger partial charge in [-0.3, -0.25) is 19.3 Å². The van der Waals surface area contributed by atoms with Gasteiger partial charge in [0.05, 0.1) is 11.6 Å². The standard InChI is InChI=1S/C36H42ClFN4O3/c1-2-7-34(43)42-18-6-17-39(24-28-8-4-3-5-9-28)20-21-41(25-29-12-13-31(37)23-33(29)42)36(45)30-22-35(44)40(26-30)19-16-27-10-14-32(38)15-11-27/h3-5,8-15,23,30H,2,6-7,16-22,24-26H2,1H3. The van der Waals surface area contributed by atoms with Crippen molar-refractivity contribution in [2.75, 3.05) is 44.2 Å². The molecule has 0 aliphatic carbocycles. The summed E-state index contributed by atoms with van der Waals surface area (Å²) in [5, 5.41) is 0.541. The highest BCUT2D eigenvalue weighted by Gasteiger charge is 2.37. The molecular weight excluding hydrogens is 591 g/mol. The van der Waals surface area contributed by atoms with E-state index in [1.165, 1.54) is 17.7 Å². The van der Waals surface area contributed by atoms with Crippen molar-refractivity contribution in [3.8, 4) is 0 Å². The molecule has 2 heterocycles. The number of rotatable bonds is 8. The normalized spacial score (nSPS) is 18.1. The van der Waals surface area contributed by atoms with E-state index in [1.54, 1.807) is 17.0 Å². The lowest BCUT2D eigenvalue weighted by Crippen LogP contribution is -2.42. The van der Waals surface area contributed by atoms with Gasteiger partial charge in [0.2, 0.25) is 17.7 Å². The zero-order chi connectivity index (χ0) is 31.8. The summed E-state index contributed by atoms with van der Waals surface area (Å²) in [5.74, 6) is -0.791. The molecule has 1 fully saturated rings. The summed E-state index contributed by atoms with van der Waals surface area (Å²) < 4.78 is 13.3. The Morgan fingerprint density at radius 1 is 0.933 bits per heavy atom. The van der Waals surface area contributed by atoms with E-state index in [9.17, 15) is 18.8 Å². The van der Waals surface area contributed by atoms with Crippen molar-refractivity contribution < 1.29 is 18.8 Å². The SMILES string of the molecule is CCCC(=O)N1CCCN(Cc2ccccc2)CCN(C(=O)C2CC(=O)N(CCc3ccc(F)cc3)C2)Cc2ccc(Cl)cc21. The average Bonchev–Trinajstić information content (AvgIpc) is 3.40. The molecule has 2 aliphatic rings. The highest BCUT2D eigenvalue weighted by Crippen LogP contribution is 2.30. The van der Waals surface area contributed by atoms with E-state index >= 15 is 0 Å². The molecule has 3 aromatic rings. The molecule has 0 N–H and O–H groups in total. The van der Waals surface area contributed by atoms with Crippen LogP contribution >= 0.6 is 11.6 Å². The Morgan fingerprint density at radius 3 is 2.47 bits per heavy atom. The molecule has 45 heavy (non-hydrogen) atoms. The predicted molar refractivity (Wildman–Crippen MR) is 175 cm³/mol. The van der Waals surface area contributed by atoms with E-state index in [2.05, 4.69) is 17.0 Å². The highest BCUT2D eigenvalue weighted by atomic mass is 35.5. The van der Waals surface area contributed by atoms with Crippen molar-refractivity contribution in [3.05, 3.63) is 100 Å². The van der Waals surface area contributed by atoms with Gasteiger partial charge in [0.15, 0.2) is 0 Å². The van der Waals surface area contributed by atoms with Gasteiger partial charge in [-0.2, -0.15) is 0 Å². The fourth-order valence-electron chi connectivity index (χ4n) is 6.28. The molecule has 0 saturated carbocycles. The molecule has 3 aromatic carbocycles. The Hall–Kier alpha value is -3.75. The number of amides is 3. The van der Waals surface area contributed by atoms with Gasteiger partial charge < -0.3 is 14.7 Å². The second-order valence-corrected chi connectivity index (χ2v) is 12.5. The van der Waals surface area contributed by atoms with Gasteiger partial charge in [-0.15, -0.1) is 0 Å². The quantitative estimate of drug-likeness (QED) is 0.309. The Labute approximate surface area is 270 Å². The van der Waals surface area contributed by atoms with Crippen LogP contribution in [0.2, 0.25) is 5.02 Å². The van der Waals surface area contributed by atoms with E-state index in [0.29, 0.717) is 57.1 Å². The number of benzene rings is 3. The van der Waals surface area contributed by atoms with Crippen LogP contribution in [0.3, 0.4) is 0 Å². The first-order chi connectivity index (χ1) is 21.8. The van der Waals surface area contributed by atoms with Gasteiger partial charge in [-0.25, -0.2) is 4.39 Å². The van der Waals surface area contributed by atoms with Crippen LogP contribution in [0.4, 0.5) is 10.1 Å². The Bertz CT molecular complexity index is 1470. The van der Waals surface area contributed by atoms with E-state index in [1.807, 2.05) is 53.1 Å². The Kier molecular flexibility index (Phi) is 11.2. The van der Waals surface area contributed by atoms with Crippen molar-refractivity contribution in [2.45, 2.75) is 52.1 Å². The first-order valence-electron chi connectivity index (χ1n) is 16.0. The van der Waals surface area contributed by atoms with Gasteiger partial charge in [0, 0.05) is 70.2 Å². The maximum Gasteiger partial charge on any atom is 0.228 e. The van der Waals surface area contributed by atoms with Crippen LogP contribution < -0.4 is 4.90 Å². The topological polar surface area (TPSA) is 64.2 Å². The lowest BCUT2D eigenvalue weighted by atomic mass is 10.1. The van der Waals surface area contributed by atoms with Gasteiger partial charge in [-0.1, -0.05) is 67.1 Å². The molecule has 2 aliphatic heterocycles. The predicted octanol–water partition coefficient (Wildman–Crippen LogP) is 5.94. The van der Waals surface area contributed by atoms with E-state index in [0.717, 1.165) is 42.7 Å². The summed E-state index contributed by atoms with van der Waals surface area (Å²) in [7, 11) is 0. The Balaban J connectivity index is 1.38. The average molecular weight is 633 g/mol. The van der Waals surface area contributed by atoms with Crippen molar-refractivity contribution in [1.82, 2.24) is 14.7 Å². The molecule has 1 saturated heterocycles. The minimum Gasteiger partial charge on any atom is -0.342 e. The van der Waals surface area contributed by atoms with Gasteiger partial charge in [0.25, 0.3) is 0 Å². The first kappa shape index (κ1) is 32.6. The molecule has 9 heteroatoms. The summed E-state index contributed by atoms with van der Waals surface area (Å²) in [5.41, 5.74) is 3.75. The van der Waals surface area contributed by atoms with E-state index < -0.39 is 5.92 Å². The lowest BCUT2D eigenvalue weighted by Gasteiger charge is -2.30. The molecular formula is C36H42ClFN4O3. The molecule has 7 nitrogen and oxygen atoms in total. The van der Waals surface area contributed by atoms with Crippen LogP contribution in [0.25, 0.3) is 0 Å². The minimum absolute atomic E-state index is 0.0393. The molecule has 1 unspecified atom stereocenters. The third-order valence-electron chi connectivity index (χ3n) is 8.71. The van der Waals surface area contributed by atoms with E-state index in [4.69, 9.17) is 11.6 Å². The van der Waals surface area contributed by atoms with Crippen molar-refractivity contribution >= 4 is 35.0 Å². The fraction of sp³-hybridized carbons (Fsp3) is 0.417. The van der Waals surface area contributed by atoms with Gasteiger partial charge in [0.1, 0.15) is 5.82 Å². The second kappa shape index (κ2) is 15.5. The summed E-state index contributed by atoms with van der Waals surface area (Å²) in [6.45, 7) is 6.39. The van der Waals surface area contributed by atoms with Crippen LogP contribution in [-0.2, 0) is 33.9 Å². The summed E-state index contributed by atoms with van der Waals surface area (Å²) >= 11 is 6.46. The third-order valence-corrected chi connectivity index (χ3v) is 8.95. The zero-order valence-electron chi connectivity index (χ0n) is 26.0. The molecule has 238 valence electrons. The number of fused-ring (bicyclic) bond motifs is 1. The van der Waals surface area contributed by atoms with Crippen LogP contribution in [0.15, 0.2) is 72.8 Å². The summed E-state index contributed by atoms with van der Waals surface area (Å²) in [6, 6.07) is 22.1. The highest BCUT2D eigenvalue weighted by molar-refractivity contribution is 6.31. The molecule has 0 bridgehead atoms. The van der Waals surface area contributed by atoms with Crippen LogP contribution in [0.1, 0.15) is 49.3 Å². The number of likely N-dealkylation sites (tertiary alicyclic amines) is 1. The second-order valence-electron chi connectivity index (χ2n) is 12.1. The number of halogens is 2. The molecule has 3 amide bonds. The summed E-state index contributed by atoms with van der Waals surface area (Å²) in [4.78, 5) is 48.4. The number of hydrogen-bond donors (Lipinski definition) is 0. The third kappa shape index (κ3) is 8.70. The smallest absolute Gasteiger partial charge is 0.228 e.